The monoisotopic (exact) mass is 268 g/mol. The molecule has 0 aliphatic carbocycles. The van der Waals surface area contributed by atoms with E-state index >= 15 is 0 Å². The fourth-order valence-corrected chi connectivity index (χ4v) is 1.64. The van der Waals surface area contributed by atoms with E-state index in [-0.39, 0.29) is 17.1 Å². The standard InChI is InChI=1S/C13H10F2O4/c1-7-10(12(16)17)6-11(18-7)8-2-4-9(5-3-8)19-13(14)15/h2-6,13H,1H3,(H,16,17). The summed E-state index contributed by atoms with van der Waals surface area (Å²) in [4.78, 5) is 10.9. The van der Waals surface area contributed by atoms with Crippen LogP contribution in [0.3, 0.4) is 0 Å². The van der Waals surface area contributed by atoms with Crippen LogP contribution in [0.2, 0.25) is 0 Å². The van der Waals surface area contributed by atoms with Gasteiger partial charge in [0.1, 0.15) is 22.8 Å². The summed E-state index contributed by atoms with van der Waals surface area (Å²) in [5.41, 5.74) is 0.653. The maximum atomic E-state index is 12.0. The summed E-state index contributed by atoms with van der Waals surface area (Å²) in [6.07, 6.45) is 0. The van der Waals surface area contributed by atoms with E-state index in [1.165, 1.54) is 30.3 Å². The van der Waals surface area contributed by atoms with Crippen LogP contribution in [0.15, 0.2) is 34.7 Å². The highest BCUT2D eigenvalue weighted by atomic mass is 19.3. The van der Waals surface area contributed by atoms with Gasteiger partial charge in [0.15, 0.2) is 0 Å². The highest BCUT2D eigenvalue weighted by Gasteiger charge is 2.15. The number of benzene rings is 1. The quantitative estimate of drug-likeness (QED) is 0.921. The van der Waals surface area contributed by atoms with Crippen molar-refractivity contribution < 1.29 is 27.8 Å². The zero-order chi connectivity index (χ0) is 14.0. The van der Waals surface area contributed by atoms with E-state index in [4.69, 9.17) is 9.52 Å². The molecule has 1 aromatic carbocycles. The van der Waals surface area contributed by atoms with Crippen LogP contribution in [0.4, 0.5) is 8.78 Å². The van der Waals surface area contributed by atoms with Gasteiger partial charge in [-0.15, -0.1) is 0 Å². The number of aryl methyl sites for hydroxylation is 1. The lowest BCUT2D eigenvalue weighted by atomic mass is 10.1. The fourth-order valence-electron chi connectivity index (χ4n) is 1.64. The second-order valence-electron chi connectivity index (χ2n) is 3.79. The number of ether oxygens (including phenoxy) is 1. The van der Waals surface area contributed by atoms with Crippen LogP contribution in [0.1, 0.15) is 16.1 Å². The molecule has 0 unspecified atom stereocenters. The van der Waals surface area contributed by atoms with Gasteiger partial charge >= 0.3 is 12.6 Å². The van der Waals surface area contributed by atoms with Crippen molar-refractivity contribution in [2.45, 2.75) is 13.5 Å². The van der Waals surface area contributed by atoms with E-state index in [2.05, 4.69) is 4.74 Å². The average molecular weight is 268 g/mol. The molecule has 0 spiro atoms. The maximum absolute atomic E-state index is 12.0. The molecule has 100 valence electrons. The Morgan fingerprint density at radius 3 is 2.42 bits per heavy atom. The normalized spacial score (nSPS) is 10.7. The Kier molecular flexibility index (Phi) is 3.50. The highest BCUT2D eigenvalue weighted by Crippen LogP contribution is 2.27. The van der Waals surface area contributed by atoms with E-state index in [0.29, 0.717) is 11.3 Å². The van der Waals surface area contributed by atoms with Crippen molar-refractivity contribution in [1.82, 2.24) is 0 Å². The van der Waals surface area contributed by atoms with Gasteiger partial charge in [0, 0.05) is 5.56 Å². The van der Waals surface area contributed by atoms with E-state index in [0.717, 1.165) is 0 Å². The molecule has 6 heteroatoms. The molecular formula is C13H10F2O4. The molecule has 0 aliphatic rings. The number of carbonyl (C=O) groups is 1. The van der Waals surface area contributed by atoms with Crippen LogP contribution in [0, 0.1) is 6.92 Å². The Bertz CT molecular complexity index is 587. The summed E-state index contributed by atoms with van der Waals surface area (Å²) in [6, 6.07) is 7.14. The summed E-state index contributed by atoms with van der Waals surface area (Å²) in [7, 11) is 0. The molecule has 0 saturated heterocycles. The summed E-state index contributed by atoms with van der Waals surface area (Å²) < 4.78 is 33.5. The van der Waals surface area contributed by atoms with Crippen molar-refractivity contribution in [1.29, 1.82) is 0 Å². The lowest BCUT2D eigenvalue weighted by molar-refractivity contribution is -0.0498. The zero-order valence-corrected chi connectivity index (χ0v) is 9.89. The van der Waals surface area contributed by atoms with Gasteiger partial charge in [0.2, 0.25) is 0 Å². The Morgan fingerprint density at radius 1 is 1.32 bits per heavy atom. The van der Waals surface area contributed by atoms with Crippen molar-refractivity contribution in [3.63, 3.8) is 0 Å². The second kappa shape index (κ2) is 5.09. The van der Waals surface area contributed by atoms with Gasteiger partial charge in [-0.3, -0.25) is 0 Å². The molecule has 2 rings (SSSR count). The van der Waals surface area contributed by atoms with Crippen LogP contribution < -0.4 is 4.74 Å². The topological polar surface area (TPSA) is 59.7 Å². The van der Waals surface area contributed by atoms with Gasteiger partial charge in [0.05, 0.1) is 0 Å². The first-order valence-electron chi connectivity index (χ1n) is 5.36. The Morgan fingerprint density at radius 2 is 1.95 bits per heavy atom. The van der Waals surface area contributed by atoms with Crippen LogP contribution in [0.25, 0.3) is 11.3 Å². The SMILES string of the molecule is Cc1oc(-c2ccc(OC(F)F)cc2)cc1C(=O)O. The third-order valence-electron chi connectivity index (χ3n) is 2.51. The minimum Gasteiger partial charge on any atom is -0.478 e. The first kappa shape index (κ1) is 13.1. The zero-order valence-electron chi connectivity index (χ0n) is 9.89. The lowest BCUT2D eigenvalue weighted by Crippen LogP contribution is -2.01. The molecule has 0 amide bonds. The number of rotatable bonds is 4. The second-order valence-corrected chi connectivity index (χ2v) is 3.79. The molecule has 1 aromatic heterocycles. The predicted molar refractivity (Wildman–Crippen MR) is 62.5 cm³/mol. The van der Waals surface area contributed by atoms with Crippen molar-refractivity contribution in [3.8, 4) is 17.1 Å². The van der Waals surface area contributed by atoms with Crippen molar-refractivity contribution in [3.05, 3.63) is 41.7 Å². The molecule has 0 fully saturated rings. The molecular weight excluding hydrogens is 258 g/mol. The number of alkyl halides is 2. The maximum Gasteiger partial charge on any atom is 0.387 e. The van der Waals surface area contributed by atoms with Crippen LogP contribution >= 0.6 is 0 Å². The molecule has 0 radical (unpaired) electrons. The van der Waals surface area contributed by atoms with Crippen LogP contribution in [0.5, 0.6) is 5.75 Å². The number of hydrogen-bond donors (Lipinski definition) is 1. The molecule has 2 aromatic rings. The Hall–Kier alpha value is -2.37. The van der Waals surface area contributed by atoms with Gasteiger partial charge in [-0.2, -0.15) is 8.78 Å². The first-order chi connectivity index (χ1) is 8.97. The number of carboxylic acid groups (broad SMARTS) is 1. The molecule has 0 saturated carbocycles. The Labute approximate surface area is 107 Å². The molecule has 0 atom stereocenters. The average Bonchev–Trinajstić information content (AvgIpc) is 2.71. The predicted octanol–water partition coefficient (Wildman–Crippen LogP) is 3.55. The van der Waals surface area contributed by atoms with Gasteiger partial charge in [-0.05, 0) is 37.3 Å². The lowest BCUT2D eigenvalue weighted by Gasteiger charge is -2.04. The third kappa shape index (κ3) is 2.90. The molecule has 4 nitrogen and oxygen atoms in total. The fraction of sp³-hybridized carbons (Fsp3) is 0.154. The number of hydrogen-bond acceptors (Lipinski definition) is 3. The van der Waals surface area contributed by atoms with Gasteiger partial charge in [0.25, 0.3) is 0 Å². The summed E-state index contributed by atoms with van der Waals surface area (Å²) in [5, 5.41) is 8.91. The van der Waals surface area contributed by atoms with E-state index in [1.807, 2.05) is 0 Å². The third-order valence-corrected chi connectivity index (χ3v) is 2.51. The van der Waals surface area contributed by atoms with Gasteiger partial charge in [-0.1, -0.05) is 0 Å². The number of aromatic carboxylic acids is 1. The molecule has 19 heavy (non-hydrogen) atoms. The van der Waals surface area contributed by atoms with E-state index in [1.54, 1.807) is 6.92 Å². The molecule has 1 heterocycles. The Balaban J connectivity index is 2.27. The van der Waals surface area contributed by atoms with Gasteiger partial charge in [-0.25, -0.2) is 4.79 Å². The van der Waals surface area contributed by atoms with E-state index in [9.17, 15) is 13.6 Å². The summed E-state index contributed by atoms with van der Waals surface area (Å²) in [5.74, 6) is -0.403. The smallest absolute Gasteiger partial charge is 0.387 e. The van der Waals surface area contributed by atoms with Crippen LogP contribution in [-0.4, -0.2) is 17.7 Å². The largest absolute Gasteiger partial charge is 0.478 e. The van der Waals surface area contributed by atoms with Crippen molar-refractivity contribution in [2.24, 2.45) is 0 Å². The minimum atomic E-state index is -2.88. The van der Waals surface area contributed by atoms with Crippen molar-refractivity contribution in [2.75, 3.05) is 0 Å². The molecule has 0 bridgehead atoms. The number of carboxylic acids is 1. The molecule has 0 aliphatic heterocycles. The molecule has 1 N–H and O–H groups in total. The summed E-state index contributed by atoms with van der Waals surface area (Å²) >= 11 is 0. The van der Waals surface area contributed by atoms with Crippen molar-refractivity contribution >= 4 is 5.97 Å². The minimum absolute atomic E-state index is 0.0282. The highest BCUT2D eigenvalue weighted by molar-refractivity contribution is 5.90. The van der Waals surface area contributed by atoms with E-state index < -0.39 is 12.6 Å². The summed E-state index contributed by atoms with van der Waals surface area (Å²) in [6.45, 7) is -1.34. The van der Waals surface area contributed by atoms with Gasteiger partial charge < -0.3 is 14.3 Å². The number of furan rings is 1. The first-order valence-corrected chi connectivity index (χ1v) is 5.36. The van der Waals surface area contributed by atoms with Crippen LogP contribution in [-0.2, 0) is 0 Å². The number of halogens is 2.